The Labute approximate surface area is 297 Å². The van der Waals surface area contributed by atoms with Crippen LogP contribution in [0.2, 0.25) is 0 Å². The maximum atomic E-state index is 13.3. The second-order valence-corrected chi connectivity index (χ2v) is 15.6. The molecule has 0 fully saturated rings. The first kappa shape index (κ1) is 42.1. The molecule has 2 aromatic carbocycles. The van der Waals surface area contributed by atoms with Gasteiger partial charge in [-0.15, -0.1) is 9.75 Å². The molecule has 3 amide bonds. The van der Waals surface area contributed by atoms with Crippen molar-refractivity contribution in [3.63, 3.8) is 0 Å². The molecule has 1 aliphatic rings. The number of carbonyl (C=O) groups excluding carboxylic acids is 3. The van der Waals surface area contributed by atoms with Crippen molar-refractivity contribution in [2.75, 3.05) is 27.4 Å². The van der Waals surface area contributed by atoms with Gasteiger partial charge in [-0.25, -0.2) is 18.0 Å². The van der Waals surface area contributed by atoms with Crippen LogP contribution in [0.1, 0.15) is 47.9 Å². The van der Waals surface area contributed by atoms with E-state index in [0.717, 1.165) is 11.1 Å². The molecule has 3 aromatic rings. The zero-order valence-electron chi connectivity index (χ0n) is 28.9. The molecule has 0 aliphatic carbocycles. The lowest BCUT2D eigenvalue weighted by Crippen LogP contribution is -2.39. The maximum Gasteiger partial charge on any atom is 0.485 e. The van der Waals surface area contributed by atoms with Gasteiger partial charge >= 0.3 is 19.2 Å². The minimum absolute atomic E-state index is 0.178. The summed E-state index contributed by atoms with van der Waals surface area (Å²) in [4.78, 5) is 43.1. The highest BCUT2D eigenvalue weighted by Crippen LogP contribution is 2.52. The molecule has 286 valence electrons. The Kier molecular flexibility index (Phi) is 13.8. The number of nitrogens with zero attached hydrogens (tertiary/aromatic N) is 3. The van der Waals surface area contributed by atoms with Crippen molar-refractivity contribution >= 4 is 35.6 Å². The standard InChI is InChI=1S/C30H37N4O9P.CHF3O3S/c1-30(2,3)42-29(37)31-16-9-17-33-19-22(18-32(33)4)21-12-14-23(15-13-21)41-20-26(44(38,39-5)40-6)43-34-27(35)24-10-7-8-11-25(24)28(34)36;2-1(3,4)8(5,6)7/h7-8,10-15,18-19,26H,9,16-17,20H2,1-6H3;(H,5,6,7). The summed E-state index contributed by atoms with van der Waals surface area (Å²) in [7, 11) is -5.74. The molecule has 1 aliphatic heterocycles. The molecule has 1 atom stereocenters. The van der Waals surface area contributed by atoms with Crippen molar-refractivity contribution in [2.24, 2.45) is 7.05 Å². The minimum atomic E-state index is -6.09. The fourth-order valence-corrected chi connectivity index (χ4v) is 5.55. The molecule has 1 N–H and O–H groups in total. The van der Waals surface area contributed by atoms with Crippen LogP contribution in [0.25, 0.3) is 11.1 Å². The Balaban J connectivity index is 0.000000815. The quantitative estimate of drug-likeness (QED) is 0.0644. The van der Waals surface area contributed by atoms with Crippen LogP contribution < -0.4 is 14.7 Å². The molecule has 0 saturated carbocycles. The highest BCUT2D eigenvalue weighted by Gasteiger charge is 2.44. The summed E-state index contributed by atoms with van der Waals surface area (Å²) in [6.45, 7) is 6.28. The number of carbonyl (C=O) groups is 3. The summed E-state index contributed by atoms with van der Waals surface area (Å²) in [5, 5.41) is 3.32. The van der Waals surface area contributed by atoms with Crippen molar-refractivity contribution in [2.45, 2.75) is 50.7 Å². The van der Waals surface area contributed by atoms with Crippen molar-refractivity contribution < 1.29 is 73.1 Å². The lowest BCUT2D eigenvalue weighted by Gasteiger charge is -2.27. The predicted molar refractivity (Wildman–Crippen MR) is 175 cm³/mol. The van der Waals surface area contributed by atoms with E-state index in [9.17, 15) is 32.1 Å². The third-order valence-corrected chi connectivity index (χ3v) is 9.49. The third-order valence-electron chi connectivity index (χ3n) is 6.96. The van der Waals surface area contributed by atoms with Gasteiger partial charge in [0.05, 0.1) is 29.4 Å². The number of fused-ring (bicyclic) bond motifs is 1. The smallest absolute Gasteiger partial charge is 0.485 e. The second-order valence-electron chi connectivity index (χ2n) is 11.9. The number of ether oxygens (including phenoxy) is 2. The van der Waals surface area contributed by atoms with Gasteiger partial charge in [0.2, 0.25) is 12.0 Å². The molecule has 52 heavy (non-hydrogen) atoms. The Morgan fingerprint density at radius 2 is 1.52 bits per heavy atom. The topological polar surface area (TPSA) is 196 Å². The molecular formula is C31H38F3N4O12PS. The Morgan fingerprint density at radius 3 is 2.00 bits per heavy atom. The number of halogens is 3. The van der Waals surface area contributed by atoms with Crippen LogP contribution >= 0.6 is 7.60 Å². The zero-order chi connectivity index (χ0) is 39.1. The van der Waals surface area contributed by atoms with Gasteiger partial charge in [0.1, 0.15) is 18.0 Å². The highest BCUT2D eigenvalue weighted by molar-refractivity contribution is 7.86. The number of rotatable bonds is 13. The van der Waals surface area contributed by atoms with Crippen LogP contribution in [0, 0.1) is 0 Å². The monoisotopic (exact) mass is 778 g/mol. The molecule has 0 saturated heterocycles. The molecule has 0 bridgehead atoms. The van der Waals surface area contributed by atoms with Gasteiger partial charge in [-0.3, -0.25) is 14.2 Å². The number of benzene rings is 2. The minimum Gasteiger partial charge on any atom is -0.741 e. The van der Waals surface area contributed by atoms with E-state index in [1.807, 2.05) is 61.7 Å². The summed E-state index contributed by atoms with van der Waals surface area (Å²) in [5.74, 6) is -2.35. The molecule has 1 aromatic heterocycles. The lowest BCUT2D eigenvalue weighted by molar-refractivity contribution is -0.753. The van der Waals surface area contributed by atoms with E-state index in [0.29, 0.717) is 30.3 Å². The second kappa shape index (κ2) is 17.0. The zero-order valence-corrected chi connectivity index (χ0v) is 30.6. The van der Waals surface area contributed by atoms with Crippen molar-refractivity contribution in [3.8, 4) is 16.9 Å². The number of nitrogens with one attached hydrogen (secondary N) is 1. The molecule has 16 nitrogen and oxygen atoms in total. The van der Waals surface area contributed by atoms with Crippen LogP contribution in [-0.4, -0.2) is 84.9 Å². The summed E-state index contributed by atoms with van der Waals surface area (Å²) in [5.41, 5.74) is -3.94. The number of imide groups is 1. The normalized spacial score (nSPS) is 14.0. The van der Waals surface area contributed by atoms with E-state index in [2.05, 4.69) is 5.32 Å². The van der Waals surface area contributed by atoms with Crippen molar-refractivity contribution in [1.29, 1.82) is 0 Å². The molecule has 0 radical (unpaired) electrons. The number of hydroxylamine groups is 2. The Hall–Kier alpha value is -4.33. The number of alkyl halides is 3. The van der Waals surface area contributed by atoms with Gasteiger partial charge in [-0.05, 0) is 57.0 Å². The highest BCUT2D eigenvalue weighted by atomic mass is 32.2. The molecule has 2 heterocycles. The van der Waals surface area contributed by atoms with Gasteiger partial charge in [0, 0.05) is 20.8 Å². The van der Waals surface area contributed by atoms with Crippen LogP contribution in [0.4, 0.5) is 18.0 Å². The van der Waals surface area contributed by atoms with Crippen LogP contribution in [0.5, 0.6) is 5.75 Å². The van der Waals surface area contributed by atoms with E-state index >= 15 is 0 Å². The average Bonchev–Trinajstić information content (AvgIpc) is 3.55. The average molecular weight is 779 g/mol. The van der Waals surface area contributed by atoms with Gasteiger partial charge in [-0.2, -0.15) is 17.9 Å². The summed E-state index contributed by atoms with van der Waals surface area (Å²) in [6, 6.07) is 13.5. The van der Waals surface area contributed by atoms with Crippen molar-refractivity contribution in [1.82, 2.24) is 15.1 Å². The Morgan fingerprint density at radius 1 is 0.981 bits per heavy atom. The molecule has 4 rings (SSSR count). The molecular weight excluding hydrogens is 740 g/mol. The molecule has 0 spiro atoms. The number of hydrogen-bond donors (Lipinski definition) is 1. The van der Waals surface area contributed by atoms with Gasteiger partial charge in [0.25, 0.3) is 11.8 Å². The lowest BCUT2D eigenvalue weighted by atomic mass is 10.1. The number of amides is 3. The van der Waals surface area contributed by atoms with E-state index in [4.69, 9.17) is 36.3 Å². The molecule has 21 heteroatoms. The summed E-state index contributed by atoms with van der Waals surface area (Å²) in [6.07, 6.45) is 4.26. The van der Waals surface area contributed by atoms with E-state index in [1.165, 1.54) is 26.4 Å². The third kappa shape index (κ3) is 11.1. The van der Waals surface area contributed by atoms with Crippen molar-refractivity contribution in [3.05, 3.63) is 72.1 Å². The van der Waals surface area contributed by atoms with Gasteiger partial charge in [-0.1, -0.05) is 24.3 Å². The number of hydrogen-bond acceptors (Lipinski definition) is 12. The SMILES string of the molecule is COP(=O)(OC)C(COc1ccc(-c2cn(CCCNC(=O)OC(C)(C)C)[n+](C)c2)cc1)ON1C(=O)c2ccccc2C1=O.O=S(=O)([O-])C(F)(F)F. The largest absolute Gasteiger partial charge is 0.741 e. The van der Waals surface area contributed by atoms with Crippen LogP contribution in [0.15, 0.2) is 60.9 Å². The van der Waals surface area contributed by atoms with Gasteiger partial charge in [0.15, 0.2) is 17.2 Å². The number of alkyl carbamates (subject to hydrolysis) is 1. The fraction of sp³-hybridized carbons (Fsp3) is 0.419. The first-order chi connectivity index (χ1) is 24.1. The van der Waals surface area contributed by atoms with Gasteiger partial charge < -0.3 is 28.4 Å². The predicted octanol–water partition coefficient (Wildman–Crippen LogP) is 4.36. The maximum absolute atomic E-state index is 13.3. The number of aromatic nitrogens is 2. The van der Waals surface area contributed by atoms with Crippen LogP contribution in [0.3, 0.4) is 0 Å². The first-order valence-corrected chi connectivity index (χ1v) is 18.3. The fourth-order valence-electron chi connectivity index (χ4n) is 4.46. The van der Waals surface area contributed by atoms with E-state index in [-0.39, 0.29) is 17.7 Å². The van der Waals surface area contributed by atoms with Crippen LogP contribution in [-0.2, 0) is 46.9 Å². The summed E-state index contributed by atoms with van der Waals surface area (Å²) < 4.78 is 97.5. The number of aryl methyl sites for hydroxylation is 2. The Bertz CT molecular complexity index is 1850. The summed E-state index contributed by atoms with van der Waals surface area (Å²) >= 11 is 0. The molecule has 1 unspecified atom stereocenters. The first-order valence-electron chi connectivity index (χ1n) is 15.2. The van der Waals surface area contributed by atoms with E-state index in [1.54, 1.807) is 24.3 Å². The van der Waals surface area contributed by atoms with E-state index < -0.39 is 52.6 Å².